The first-order chi connectivity index (χ1) is 8.35. The number of piperidine rings is 1. The van der Waals surface area contributed by atoms with E-state index in [1.807, 2.05) is 19.1 Å². The molecule has 2 heterocycles. The molecule has 2 rings (SSSR count). The van der Waals surface area contributed by atoms with E-state index in [0.29, 0.717) is 12.6 Å². The number of rotatable bonds is 4. The van der Waals surface area contributed by atoms with Gasteiger partial charge in [0.15, 0.2) is 0 Å². The molecule has 3 nitrogen and oxygen atoms in total. The Morgan fingerprint density at radius 3 is 3.12 bits per heavy atom. The summed E-state index contributed by atoms with van der Waals surface area (Å²) in [5, 5.41) is 1.01. The van der Waals surface area contributed by atoms with Gasteiger partial charge in [0.1, 0.15) is 5.82 Å². The SMILES string of the molecule is CCOc1cccc(N2CCCCC2CBr)n1. The van der Waals surface area contributed by atoms with Crippen LogP contribution in [0.25, 0.3) is 0 Å². The molecule has 17 heavy (non-hydrogen) atoms. The number of nitrogens with zero attached hydrogens (tertiary/aromatic N) is 2. The van der Waals surface area contributed by atoms with Crippen molar-refractivity contribution < 1.29 is 4.74 Å². The Kier molecular flexibility index (Phi) is 4.66. The van der Waals surface area contributed by atoms with Crippen molar-refractivity contribution in [2.24, 2.45) is 0 Å². The van der Waals surface area contributed by atoms with E-state index in [9.17, 15) is 0 Å². The summed E-state index contributed by atoms with van der Waals surface area (Å²) in [7, 11) is 0. The second-order valence-electron chi connectivity index (χ2n) is 4.26. The third-order valence-electron chi connectivity index (χ3n) is 3.10. The van der Waals surface area contributed by atoms with Crippen LogP contribution in [0.3, 0.4) is 0 Å². The third-order valence-corrected chi connectivity index (χ3v) is 3.85. The molecule has 94 valence electrons. The molecule has 1 saturated heterocycles. The summed E-state index contributed by atoms with van der Waals surface area (Å²) < 4.78 is 5.46. The third kappa shape index (κ3) is 3.12. The highest BCUT2D eigenvalue weighted by atomic mass is 79.9. The van der Waals surface area contributed by atoms with Crippen molar-refractivity contribution in [3.8, 4) is 5.88 Å². The van der Waals surface area contributed by atoms with Crippen LogP contribution in [-0.2, 0) is 0 Å². The van der Waals surface area contributed by atoms with Gasteiger partial charge in [-0.25, -0.2) is 0 Å². The largest absolute Gasteiger partial charge is 0.478 e. The number of halogens is 1. The van der Waals surface area contributed by atoms with Crippen molar-refractivity contribution in [2.75, 3.05) is 23.4 Å². The lowest BCUT2D eigenvalue weighted by molar-refractivity contribution is 0.326. The fourth-order valence-electron chi connectivity index (χ4n) is 2.25. The molecule has 1 unspecified atom stereocenters. The summed E-state index contributed by atoms with van der Waals surface area (Å²) in [5.41, 5.74) is 0. The Bertz CT molecular complexity index is 359. The Hall–Kier alpha value is -0.770. The van der Waals surface area contributed by atoms with Crippen LogP contribution in [0.1, 0.15) is 26.2 Å². The van der Waals surface area contributed by atoms with Crippen molar-refractivity contribution >= 4 is 21.7 Å². The quantitative estimate of drug-likeness (QED) is 0.798. The first-order valence-electron chi connectivity index (χ1n) is 6.27. The normalized spacial score (nSPS) is 20.4. The van der Waals surface area contributed by atoms with Gasteiger partial charge >= 0.3 is 0 Å². The van der Waals surface area contributed by atoms with E-state index in [1.165, 1.54) is 19.3 Å². The lowest BCUT2D eigenvalue weighted by Gasteiger charge is -2.35. The van der Waals surface area contributed by atoms with Gasteiger partial charge in [0.05, 0.1) is 6.61 Å². The lowest BCUT2D eigenvalue weighted by Crippen LogP contribution is -2.41. The summed E-state index contributed by atoms with van der Waals surface area (Å²) in [6.45, 7) is 3.74. The summed E-state index contributed by atoms with van der Waals surface area (Å²) in [5.74, 6) is 1.77. The number of alkyl halides is 1. The summed E-state index contributed by atoms with van der Waals surface area (Å²) in [6, 6.07) is 6.57. The predicted octanol–water partition coefficient (Wildman–Crippen LogP) is 3.23. The fourth-order valence-corrected chi connectivity index (χ4v) is 2.93. The molecule has 0 radical (unpaired) electrons. The first kappa shape index (κ1) is 12.7. The van der Waals surface area contributed by atoms with Gasteiger partial charge in [0.2, 0.25) is 5.88 Å². The number of ether oxygens (including phenoxy) is 1. The maximum Gasteiger partial charge on any atom is 0.215 e. The zero-order valence-electron chi connectivity index (χ0n) is 10.2. The molecule has 4 heteroatoms. The minimum absolute atomic E-state index is 0.563. The molecular weight excluding hydrogens is 280 g/mol. The smallest absolute Gasteiger partial charge is 0.215 e. The van der Waals surface area contributed by atoms with E-state index < -0.39 is 0 Å². The van der Waals surface area contributed by atoms with Gasteiger partial charge in [0.25, 0.3) is 0 Å². The zero-order chi connectivity index (χ0) is 12.1. The Morgan fingerprint density at radius 1 is 1.47 bits per heavy atom. The van der Waals surface area contributed by atoms with Gasteiger partial charge in [-0.15, -0.1) is 0 Å². The van der Waals surface area contributed by atoms with Gasteiger partial charge in [-0.1, -0.05) is 22.0 Å². The molecular formula is C13H19BrN2O. The monoisotopic (exact) mass is 298 g/mol. The van der Waals surface area contributed by atoms with E-state index in [1.54, 1.807) is 0 Å². The summed E-state index contributed by atoms with van der Waals surface area (Å²) in [4.78, 5) is 6.96. The highest BCUT2D eigenvalue weighted by Crippen LogP contribution is 2.25. The summed E-state index contributed by atoms with van der Waals surface area (Å²) >= 11 is 3.60. The van der Waals surface area contributed by atoms with Crippen LogP contribution in [-0.4, -0.2) is 29.5 Å². The summed E-state index contributed by atoms with van der Waals surface area (Å²) in [6.07, 6.45) is 3.81. The predicted molar refractivity (Wildman–Crippen MR) is 74.2 cm³/mol. The standard InChI is InChI=1S/C13H19BrN2O/c1-2-17-13-8-5-7-12(15-13)16-9-4-3-6-11(16)10-14/h5,7-8,11H,2-4,6,9-10H2,1H3. The molecule has 1 aliphatic rings. The van der Waals surface area contributed by atoms with E-state index >= 15 is 0 Å². The molecule has 1 aromatic rings. The van der Waals surface area contributed by atoms with Crippen LogP contribution in [0, 0.1) is 0 Å². The molecule has 0 N–H and O–H groups in total. The van der Waals surface area contributed by atoms with Crippen molar-refractivity contribution in [1.29, 1.82) is 0 Å². The maximum absolute atomic E-state index is 5.46. The lowest BCUT2D eigenvalue weighted by atomic mass is 10.0. The van der Waals surface area contributed by atoms with E-state index in [0.717, 1.165) is 23.6 Å². The minimum atomic E-state index is 0.563. The topological polar surface area (TPSA) is 25.4 Å². The Balaban J connectivity index is 2.16. The second-order valence-corrected chi connectivity index (χ2v) is 4.91. The van der Waals surface area contributed by atoms with Crippen molar-refractivity contribution in [3.05, 3.63) is 18.2 Å². The van der Waals surface area contributed by atoms with Crippen LogP contribution in [0.5, 0.6) is 5.88 Å². The second kappa shape index (κ2) is 6.24. The molecule has 0 aliphatic carbocycles. The number of aromatic nitrogens is 1. The van der Waals surface area contributed by atoms with E-state index in [-0.39, 0.29) is 0 Å². The molecule has 0 amide bonds. The molecule has 1 fully saturated rings. The highest BCUT2D eigenvalue weighted by Gasteiger charge is 2.22. The fraction of sp³-hybridized carbons (Fsp3) is 0.615. The Labute approximate surface area is 111 Å². The molecule has 0 aromatic carbocycles. The van der Waals surface area contributed by atoms with Crippen LogP contribution in [0.2, 0.25) is 0 Å². The van der Waals surface area contributed by atoms with Gasteiger partial charge < -0.3 is 9.64 Å². The van der Waals surface area contributed by atoms with Crippen molar-refractivity contribution in [1.82, 2.24) is 4.98 Å². The van der Waals surface area contributed by atoms with Gasteiger partial charge in [-0.2, -0.15) is 4.98 Å². The molecule has 0 saturated carbocycles. The van der Waals surface area contributed by atoms with Crippen LogP contribution in [0.4, 0.5) is 5.82 Å². The zero-order valence-corrected chi connectivity index (χ0v) is 11.8. The average molecular weight is 299 g/mol. The van der Waals surface area contributed by atoms with E-state index in [2.05, 4.69) is 31.9 Å². The molecule has 0 spiro atoms. The number of pyridine rings is 1. The molecule has 1 atom stereocenters. The first-order valence-corrected chi connectivity index (χ1v) is 7.39. The van der Waals surface area contributed by atoms with Crippen LogP contribution >= 0.6 is 15.9 Å². The number of anilines is 1. The van der Waals surface area contributed by atoms with Crippen LogP contribution < -0.4 is 9.64 Å². The van der Waals surface area contributed by atoms with Crippen LogP contribution in [0.15, 0.2) is 18.2 Å². The number of hydrogen-bond acceptors (Lipinski definition) is 3. The van der Waals surface area contributed by atoms with Gasteiger partial charge in [0, 0.05) is 24.0 Å². The minimum Gasteiger partial charge on any atom is -0.478 e. The van der Waals surface area contributed by atoms with Gasteiger partial charge in [-0.05, 0) is 32.3 Å². The highest BCUT2D eigenvalue weighted by molar-refractivity contribution is 9.09. The van der Waals surface area contributed by atoms with Crippen molar-refractivity contribution in [3.63, 3.8) is 0 Å². The van der Waals surface area contributed by atoms with Crippen molar-refractivity contribution in [2.45, 2.75) is 32.2 Å². The molecule has 0 bridgehead atoms. The molecule has 1 aliphatic heterocycles. The molecule has 1 aromatic heterocycles. The number of hydrogen-bond donors (Lipinski definition) is 0. The Morgan fingerprint density at radius 2 is 2.35 bits per heavy atom. The average Bonchev–Trinajstić information content (AvgIpc) is 2.39. The maximum atomic E-state index is 5.46. The van der Waals surface area contributed by atoms with Gasteiger partial charge in [-0.3, -0.25) is 0 Å². The van der Waals surface area contributed by atoms with E-state index in [4.69, 9.17) is 4.74 Å².